The van der Waals surface area contributed by atoms with E-state index in [0.717, 1.165) is 16.0 Å². The van der Waals surface area contributed by atoms with Gasteiger partial charge in [-0.3, -0.25) is 4.98 Å². The summed E-state index contributed by atoms with van der Waals surface area (Å²) in [6, 6.07) is 6.77. The number of phenols is 1. The minimum atomic E-state index is -0.580. The van der Waals surface area contributed by atoms with Gasteiger partial charge in [0, 0.05) is 27.2 Å². The highest BCUT2D eigenvalue weighted by atomic mass is 35.5. The Bertz CT molecular complexity index is 973. The molecule has 3 rings (SSSR count). The number of halogens is 1. The first-order valence-electron chi connectivity index (χ1n) is 7.77. The highest BCUT2D eigenvalue weighted by Gasteiger charge is 2.23. The van der Waals surface area contributed by atoms with Crippen LogP contribution in [-0.4, -0.2) is 21.7 Å². The van der Waals surface area contributed by atoms with Gasteiger partial charge in [-0.1, -0.05) is 11.6 Å². The summed E-state index contributed by atoms with van der Waals surface area (Å²) in [5.74, 6) is -0.276. The third-order valence-corrected chi connectivity index (χ3v) is 4.76. The quantitative estimate of drug-likeness (QED) is 0.593. The van der Waals surface area contributed by atoms with Crippen LogP contribution in [0.15, 0.2) is 29.6 Å². The van der Waals surface area contributed by atoms with Crippen LogP contribution in [0.1, 0.15) is 36.8 Å². The molecule has 3 aromatic rings. The molecule has 25 heavy (non-hydrogen) atoms. The molecule has 0 bridgehead atoms. The topological polar surface area (TPSA) is 59.4 Å². The number of rotatable bonds is 2. The van der Waals surface area contributed by atoms with E-state index in [-0.39, 0.29) is 5.75 Å². The number of hydrogen-bond acceptors (Lipinski definition) is 5. The van der Waals surface area contributed by atoms with Gasteiger partial charge in [-0.2, -0.15) is 0 Å². The molecule has 1 N–H and O–H groups in total. The number of benzene rings is 1. The zero-order valence-electron chi connectivity index (χ0n) is 14.4. The van der Waals surface area contributed by atoms with Crippen molar-refractivity contribution in [2.24, 2.45) is 0 Å². The van der Waals surface area contributed by atoms with Gasteiger partial charge in [-0.05, 0) is 52.0 Å². The number of esters is 1. The fourth-order valence-corrected chi connectivity index (χ4v) is 3.72. The second-order valence-electron chi connectivity index (χ2n) is 6.80. The molecule has 2 aromatic heterocycles. The van der Waals surface area contributed by atoms with Gasteiger partial charge in [0.15, 0.2) is 0 Å². The smallest absolute Gasteiger partial charge is 0.341 e. The van der Waals surface area contributed by atoms with E-state index in [1.165, 1.54) is 11.3 Å². The molecule has 2 heterocycles. The molecule has 0 saturated carbocycles. The third-order valence-electron chi connectivity index (χ3n) is 3.52. The zero-order chi connectivity index (χ0) is 18.4. The Labute approximate surface area is 155 Å². The van der Waals surface area contributed by atoms with E-state index >= 15 is 0 Å². The van der Waals surface area contributed by atoms with Crippen LogP contribution in [0.3, 0.4) is 0 Å². The van der Waals surface area contributed by atoms with Gasteiger partial charge in [-0.15, -0.1) is 11.3 Å². The van der Waals surface area contributed by atoms with Crippen molar-refractivity contribution < 1.29 is 14.6 Å². The first-order valence-corrected chi connectivity index (χ1v) is 9.02. The molecule has 0 aliphatic heterocycles. The van der Waals surface area contributed by atoms with Crippen molar-refractivity contribution in [3.05, 3.63) is 45.9 Å². The lowest BCUT2D eigenvalue weighted by Crippen LogP contribution is -2.23. The lowest BCUT2D eigenvalue weighted by Gasteiger charge is -2.19. The Hall–Kier alpha value is -2.11. The van der Waals surface area contributed by atoms with Gasteiger partial charge < -0.3 is 9.84 Å². The van der Waals surface area contributed by atoms with Crippen molar-refractivity contribution in [3.63, 3.8) is 0 Å². The lowest BCUT2D eigenvalue weighted by molar-refractivity contribution is 0.00721. The fourth-order valence-electron chi connectivity index (χ4n) is 2.54. The average Bonchev–Trinajstić information content (AvgIpc) is 2.91. The Morgan fingerprint density at radius 1 is 1.24 bits per heavy atom. The van der Waals surface area contributed by atoms with E-state index in [1.807, 2.05) is 33.8 Å². The number of carbonyl (C=O) groups excluding carboxylic acids is 1. The number of aromatic hydroxyl groups is 1. The average molecular weight is 376 g/mol. The van der Waals surface area contributed by atoms with Crippen LogP contribution in [0.4, 0.5) is 0 Å². The number of aryl methyl sites for hydroxylation is 1. The van der Waals surface area contributed by atoms with Crippen molar-refractivity contribution in [1.82, 2.24) is 4.98 Å². The Kier molecular flexibility index (Phi) is 4.47. The summed E-state index contributed by atoms with van der Waals surface area (Å²) >= 11 is 7.48. The van der Waals surface area contributed by atoms with E-state index in [9.17, 15) is 9.90 Å². The van der Waals surface area contributed by atoms with Gasteiger partial charge in [0.1, 0.15) is 11.4 Å². The second kappa shape index (κ2) is 6.32. The summed E-state index contributed by atoms with van der Waals surface area (Å²) in [5.41, 5.74) is 2.58. The SMILES string of the molecule is Cc1cc(-c2cc(Cl)ccc2O)c2scc(C(=O)OC(C)(C)C)c2n1. The molecule has 4 nitrogen and oxygen atoms in total. The number of aromatic nitrogens is 1. The number of nitrogens with zero attached hydrogens (tertiary/aromatic N) is 1. The maximum atomic E-state index is 12.5. The normalized spacial score (nSPS) is 11.7. The van der Waals surface area contributed by atoms with Crippen molar-refractivity contribution in [2.75, 3.05) is 0 Å². The van der Waals surface area contributed by atoms with Crippen LogP contribution in [0, 0.1) is 6.92 Å². The summed E-state index contributed by atoms with van der Waals surface area (Å²) in [6.07, 6.45) is 0. The van der Waals surface area contributed by atoms with E-state index < -0.39 is 11.6 Å². The fraction of sp³-hybridized carbons (Fsp3) is 0.263. The van der Waals surface area contributed by atoms with Crippen LogP contribution in [-0.2, 0) is 4.74 Å². The highest BCUT2D eigenvalue weighted by molar-refractivity contribution is 7.18. The first-order chi connectivity index (χ1) is 11.7. The molecule has 0 saturated heterocycles. The van der Waals surface area contributed by atoms with E-state index in [0.29, 0.717) is 21.7 Å². The van der Waals surface area contributed by atoms with Crippen molar-refractivity contribution in [3.8, 4) is 16.9 Å². The monoisotopic (exact) mass is 375 g/mol. The molecule has 0 amide bonds. The molecule has 0 spiro atoms. The van der Waals surface area contributed by atoms with Crippen LogP contribution in [0.25, 0.3) is 21.3 Å². The van der Waals surface area contributed by atoms with Gasteiger partial charge in [0.25, 0.3) is 0 Å². The summed E-state index contributed by atoms with van der Waals surface area (Å²) in [7, 11) is 0. The van der Waals surface area contributed by atoms with Gasteiger partial charge in [0.2, 0.25) is 0 Å². The molecule has 1 aromatic carbocycles. The van der Waals surface area contributed by atoms with Gasteiger partial charge >= 0.3 is 5.97 Å². The van der Waals surface area contributed by atoms with E-state index in [4.69, 9.17) is 16.3 Å². The van der Waals surface area contributed by atoms with Gasteiger partial charge in [0.05, 0.1) is 15.8 Å². The number of phenolic OH excluding ortho intramolecular Hbond substituents is 1. The molecule has 130 valence electrons. The van der Waals surface area contributed by atoms with Crippen LogP contribution >= 0.6 is 22.9 Å². The maximum Gasteiger partial charge on any atom is 0.341 e. The Balaban J connectivity index is 2.20. The maximum absolute atomic E-state index is 12.5. The summed E-state index contributed by atoms with van der Waals surface area (Å²) < 4.78 is 6.29. The first kappa shape index (κ1) is 17.7. The number of fused-ring (bicyclic) bond motifs is 1. The Morgan fingerprint density at radius 2 is 1.96 bits per heavy atom. The van der Waals surface area contributed by atoms with Crippen molar-refractivity contribution in [2.45, 2.75) is 33.3 Å². The molecular weight excluding hydrogens is 358 g/mol. The predicted molar refractivity (Wildman–Crippen MR) is 102 cm³/mol. The van der Waals surface area contributed by atoms with Crippen LogP contribution < -0.4 is 0 Å². The zero-order valence-corrected chi connectivity index (χ0v) is 16.0. The molecule has 0 aliphatic rings. The molecule has 0 aliphatic carbocycles. The van der Waals surface area contributed by atoms with Crippen molar-refractivity contribution in [1.29, 1.82) is 0 Å². The molecule has 0 unspecified atom stereocenters. The minimum Gasteiger partial charge on any atom is -0.507 e. The molecule has 6 heteroatoms. The van der Waals surface area contributed by atoms with E-state index in [1.54, 1.807) is 23.6 Å². The number of carbonyl (C=O) groups is 1. The van der Waals surface area contributed by atoms with Crippen molar-refractivity contribution >= 4 is 39.1 Å². The minimum absolute atomic E-state index is 0.128. The lowest BCUT2D eigenvalue weighted by atomic mass is 10.0. The number of hydrogen-bond donors (Lipinski definition) is 1. The number of thiophene rings is 1. The summed E-state index contributed by atoms with van der Waals surface area (Å²) in [4.78, 5) is 17.0. The standard InChI is InChI=1S/C19H18ClNO3S/c1-10-7-13(12-8-11(20)5-6-15(12)22)17-16(21-10)14(9-25-17)18(23)24-19(2,3)4/h5-9,22H,1-4H3. The van der Waals surface area contributed by atoms with Gasteiger partial charge in [-0.25, -0.2) is 4.79 Å². The summed E-state index contributed by atoms with van der Waals surface area (Å²) in [5, 5.41) is 12.5. The Morgan fingerprint density at radius 3 is 2.64 bits per heavy atom. The molecule has 0 radical (unpaired) electrons. The second-order valence-corrected chi connectivity index (χ2v) is 8.12. The largest absolute Gasteiger partial charge is 0.507 e. The van der Waals surface area contributed by atoms with Crippen LogP contribution in [0.5, 0.6) is 5.75 Å². The van der Waals surface area contributed by atoms with Crippen LogP contribution in [0.2, 0.25) is 5.02 Å². The molecule has 0 atom stereocenters. The third kappa shape index (κ3) is 3.62. The van der Waals surface area contributed by atoms with E-state index in [2.05, 4.69) is 4.98 Å². The predicted octanol–water partition coefficient (Wildman–Crippen LogP) is 5.59. The highest BCUT2D eigenvalue weighted by Crippen LogP contribution is 2.40. The molecule has 0 fully saturated rings. The number of pyridine rings is 1. The summed E-state index contributed by atoms with van der Waals surface area (Å²) in [6.45, 7) is 7.33. The molecular formula is C19H18ClNO3S. The number of ether oxygens (including phenoxy) is 1.